The maximum atomic E-state index is 10.3. The summed E-state index contributed by atoms with van der Waals surface area (Å²) in [7, 11) is 0. The van der Waals surface area contributed by atoms with E-state index >= 15 is 0 Å². The molecule has 27 heavy (non-hydrogen) atoms. The molecule has 0 spiro atoms. The molecule has 0 aliphatic rings. The quantitative estimate of drug-likeness (QED) is 0.301. The number of ether oxygens (including phenoxy) is 3. The van der Waals surface area contributed by atoms with E-state index in [-0.39, 0.29) is 6.61 Å². The molecule has 2 atom stereocenters. The molecule has 160 valence electrons. The first-order valence-corrected chi connectivity index (χ1v) is 8.57. The van der Waals surface area contributed by atoms with Crippen molar-refractivity contribution in [3.63, 3.8) is 0 Å². The average molecular weight is 396 g/mol. The van der Waals surface area contributed by atoms with Crippen LogP contribution in [0.25, 0.3) is 0 Å². The molecule has 0 aliphatic carbocycles. The number of hydrogen-bond donors (Lipinski definition) is 3. The summed E-state index contributed by atoms with van der Waals surface area (Å²) in [6.45, 7) is 8.27. The summed E-state index contributed by atoms with van der Waals surface area (Å²) >= 11 is 0. The number of carbonyl (C=O) groups excluding carboxylic acids is 2. The summed E-state index contributed by atoms with van der Waals surface area (Å²) in [5, 5.41) is 24.5. The Kier molecular flexibility index (Phi) is 21.7. The molecule has 2 unspecified atom stereocenters. The van der Waals surface area contributed by atoms with Gasteiger partial charge in [0.2, 0.25) is 0 Å². The van der Waals surface area contributed by atoms with Crippen molar-refractivity contribution < 1.29 is 48.7 Å². The number of unbranched alkanes of at least 4 members (excludes halogenated alkanes) is 2. The zero-order chi connectivity index (χ0) is 21.8. The Labute approximate surface area is 159 Å². The Morgan fingerprint density at radius 1 is 0.926 bits per heavy atom. The standard InChI is InChI=1S/C7H14O.C5H8O6.C5H10O3/c1-3-4-5-6-7(2)8;1-3(11-5(8)9)2-10-4(6)7;1-3-8-5(7)4(2)6/h3-6H2,1-2H3;3H,2H2,1H3,(H,6,7)(H,8,9);4,6H,3H2,1-2H3. The summed E-state index contributed by atoms with van der Waals surface area (Å²) in [6, 6.07) is 0. The molecule has 0 bridgehead atoms. The molecule has 0 aromatic heterocycles. The lowest BCUT2D eigenvalue weighted by atomic mass is 10.2. The Balaban J connectivity index is -0.000000327. The van der Waals surface area contributed by atoms with Crippen LogP contribution in [-0.4, -0.2) is 64.8 Å². The third kappa shape index (κ3) is 31.9. The fourth-order valence-corrected chi connectivity index (χ4v) is 1.28. The van der Waals surface area contributed by atoms with Crippen molar-refractivity contribution in [1.82, 2.24) is 0 Å². The molecular formula is C17H32O10. The van der Waals surface area contributed by atoms with Crippen molar-refractivity contribution in [1.29, 1.82) is 0 Å². The van der Waals surface area contributed by atoms with Crippen LogP contribution in [0.15, 0.2) is 0 Å². The van der Waals surface area contributed by atoms with E-state index in [9.17, 15) is 19.2 Å². The maximum Gasteiger partial charge on any atom is 0.506 e. The van der Waals surface area contributed by atoms with Gasteiger partial charge in [-0.15, -0.1) is 0 Å². The van der Waals surface area contributed by atoms with Gasteiger partial charge < -0.3 is 34.3 Å². The highest BCUT2D eigenvalue weighted by Crippen LogP contribution is 1.98. The van der Waals surface area contributed by atoms with E-state index in [0.29, 0.717) is 12.4 Å². The number of carboxylic acid groups (broad SMARTS) is 2. The van der Waals surface area contributed by atoms with Gasteiger partial charge in [-0.2, -0.15) is 0 Å². The third-order valence-corrected chi connectivity index (χ3v) is 2.50. The van der Waals surface area contributed by atoms with Crippen LogP contribution < -0.4 is 0 Å². The van der Waals surface area contributed by atoms with Gasteiger partial charge in [-0.1, -0.05) is 19.8 Å². The Morgan fingerprint density at radius 2 is 1.48 bits per heavy atom. The van der Waals surface area contributed by atoms with E-state index < -0.39 is 30.5 Å². The van der Waals surface area contributed by atoms with Gasteiger partial charge in [-0.3, -0.25) is 0 Å². The van der Waals surface area contributed by atoms with E-state index in [4.69, 9.17) is 15.3 Å². The van der Waals surface area contributed by atoms with Crippen molar-refractivity contribution in [2.45, 2.75) is 72.5 Å². The first kappa shape index (κ1) is 29.4. The lowest BCUT2D eigenvalue weighted by Gasteiger charge is -2.08. The number of carbonyl (C=O) groups is 4. The van der Waals surface area contributed by atoms with Crippen LogP contribution >= 0.6 is 0 Å². The molecular weight excluding hydrogens is 364 g/mol. The first-order valence-electron chi connectivity index (χ1n) is 8.57. The lowest BCUT2D eigenvalue weighted by molar-refractivity contribution is -0.151. The minimum Gasteiger partial charge on any atom is -0.464 e. The van der Waals surface area contributed by atoms with Gasteiger partial charge in [0, 0.05) is 6.42 Å². The Morgan fingerprint density at radius 3 is 1.78 bits per heavy atom. The van der Waals surface area contributed by atoms with Gasteiger partial charge in [-0.05, 0) is 34.1 Å². The number of hydrogen-bond acceptors (Lipinski definition) is 8. The number of aliphatic hydroxyl groups excluding tert-OH is 1. The van der Waals surface area contributed by atoms with Crippen molar-refractivity contribution >= 4 is 24.1 Å². The van der Waals surface area contributed by atoms with Gasteiger partial charge in [-0.25, -0.2) is 14.4 Å². The predicted molar refractivity (Wildman–Crippen MR) is 95.7 cm³/mol. The minimum absolute atomic E-state index is 0.290. The Bertz CT molecular complexity index is 420. The average Bonchev–Trinajstić information content (AvgIpc) is 2.53. The number of esters is 1. The summed E-state index contributed by atoms with van der Waals surface area (Å²) in [5.41, 5.74) is 0. The van der Waals surface area contributed by atoms with Gasteiger partial charge >= 0.3 is 18.3 Å². The van der Waals surface area contributed by atoms with E-state index in [1.54, 1.807) is 13.8 Å². The summed E-state index contributed by atoms with van der Waals surface area (Å²) in [5.74, 6) is -0.244. The van der Waals surface area contributed by atoms with Gasteiger partial charge in [0.1, 0.15) is 24.6 Å². The van der Waals surface area contributed by atoms with Gasteiger partial charge in [0.25, 0.3) is 0 Å². The van der Waals surface area contributed by atoms with Gasteiger partial charge in [0.05, 0.1) is 6.61 Å². The van der Waals surface area contributed by atoms with Crippen LogP contribution in [0.2, 0.25) is 0 Å². The molecule has 3 N–H and O–H groups in total. The summed E-state index contributed by atoms with van der Waals surface area (Å²) < 4.78 is 12.6. The number of ketones is 1. The molecule has 0 radical (unpaired) electrons. The number of aliphatic hydroxyl groups is 1. The SMILES string of the molecule is CC(COC(=O)O)OC(=O)O.CCCCCC(C)=O.CCOC(=O)C(C)O. The van der Waals surface area contributed by atoms with Crippen LogP contribution in [-0.2, 0) is 23.8 Å². The van der Waals surface area contributed by atoms with Crippen LogP contribution in [0, 0.1) is 0 Å². The lowest BCUT2D eigenvalue weighted by Crippen LogP contribution is -2.20. The fourth-order valence-electron chi connectivity index (χ4n) is 1.28. The van der Waals surface area contributed by atoms with Crippen LogP contribution in [0.5, 0.6) is 0 Å². The topological polar surface area (TPSA) is 157 Å². The van der Waals surface area contributed by atoms with Crippen molar-refractivity contribution in [3.8, 4) is 0 Å². The van der Waals surface area contributed by atoms with E-state index in [0.717, 1.165) is 12.8 Å². The second-order valence-corrected chi connectivity index (χ2v) is 5.36. The molecule has 0 saturated heterocycles. The number of rotatable bonds is 9. The van der Waals surface area contributed by atoms with E-state index in [2.05, 4.69) is 21.1 Å². The highest BCUT2D eigenvalue weighted by atomic mass is 16.7. The molecule has 10 heteroatoms. The predicted octanol–water partition coefficient (Wildman–Crippen LogP) is 2.85. The monoisotopic (exact) mass is 396 g/mol. The zero-order valence-electron chi connectivity index (χ0n) is 16.6. The summed E-state index contributed by atoms with van der Waals surface area (Å²) in [6.07, 6.45) is -0.428. The normalized spacial score (nSPS) is 11.3. The highest BCUT2D eigenvalue weighted by Gasteiger charge is 2.09. The highest BCUT2D eigenvalue weighted by molar-refractivity contribution is 5.75. The minimum atomic E-state index is -1.45. The first-order chi connectivity index (χ1) is 12.5. The third-order valence-electron chi connectivity index (χ3n) is 2.50. The molecule has 0 amide bonds. The second-order valence-electron chi connectivity index (χ2n) is 5.36. The van der Waals surface area contributed by atoms with Gasteiger partial charge in [0.15, 0.2) is 0 Å². The van der Waals surface area contributed by atoms with Crippen molar-refractivity contribution in [2.75, 3.05) is 13.2 Å². The molecule has 0 aromatic carbocycles. The van der Waals surface area contributed by atoms with Crippen molar-refractivity contribution in [3.05, 3.63) is 0 Å². The van der Waals surface area contributed by atoms with Crippen molar-refractivity contribution in [2.24, 2.45) is 0 Å². The molecule has 0 aromatic rings. The fraction of sp³-hybridized carbons (Fsp3) is 0.765. The Hall–Kier alpha value is -2.36. The smallest absolute Gasteiger partial charge is 0.464 e. The zero-order valence-corrected chi connectivity index (χ0v) is 16.6. The summed E-state index contributed by atoms with van der Waals surface area (Å²) in [4.78, 5) is 40.2. The largest absolute Gasteiger partial charge is 0.506 e. The van der Waals surface area contributed by atoms with E-state index in [1.165, 1.54) is 26.7 Å². The second kappa shape index (κ2) is 20.0. The van der Waals surface area contributed by atoms with Crippen LogP contribution in [0.3, 0.4) is 0 Å². The molecule has 10 nitrogen and oxygen atoms in total. The maximum absolute atomic E-state index is 10.3. The molecule has 0 saturated carbocycles. The molecule has 0 rings (SSSR count). The molecule has 0 heterocycles. The molecule has 0 aliphatic heterocycles. The van der Waals surface area contributed by atoms with E-state index in [1.807, 2.05) is 0 Å². The number of Topliss-reactive ketones (excluding diaryl/α,β-unsaturated/α-hetero) is 1. The molecule has 0 fully saturated rings. The van der Waals surface area contributed by atoms with Crippen LogP contribution in [0.1, 0.15) is 60.3 Å². The van der Waals surface area contributed by atoms with Crippen LogP contribution in [0.4, 0.5) is 9.59 Å².